The maximum absolute atomic E-state index is 12.8. The highest BCUT2D eigenvalue weighted by Crippen LogP contribution is 2.41. The van der Waals surface area contributed by atoms with Gasteiger partial charge >= 0.3 is 0 Å². The molecule has 1 aromatic heterocycles. The molecule has 17 heavy (non-hydrogen) atoms. The van der Waals surface area contributed by atoms with Crippen molar-refractivity contribution in [1.82, 2.24) is 5.16 Å². The molecule has 1 aliphatic rings. The fraction of sp³-hybridized carbons (Fsp3) is 0.231. The summed E-state index contributed by atoms with van der Waals surface area (Å²) in [6, 6.07) is 5.50. The zero-order valence-electron chi connectivity index (χ0n) is 9.02. The summed E-state index contributed by atoms with van der Waals surface area (Å²) in [6.45, 7) is 0. The zero-order valence-corrected chi connectivity index (χ0v) is 9.02. The number of hydrogen-bond acceptors (Lipinski definition) is 3. The fourth-order valence-electron chi connectivity index (χ4n) is 1.82. The Labute approximate surface area is 97.2 Å². The molecule has 0 unspecified atom stereocenters. The number of rotatable bonds is 3. The first-order valence-corrected chi connectivity index (χ1v) is 5.50. The van der Waals surface area contributed by atoms with Gasteiger partial charge in [0.25, 0.3) is 0 Å². The van der Waals surface area contributed by atoms with Gasteiger partial charge in [0.15, 0.2) is 11.5 Å². The number of carbonyl (C=O) groups is 1. The van der Waals surface area contributed by atoms with Crippen LogP contribution in [0.1, 0.15) is 40.4 Å². The van der Waals surface area contributed by atoms with E-state index in [4.69, 9.17) is 4.52 Å². The van der Waals surface area contributed by atoms with Gasteiger partial charge < -0.3 is 4.52 Å². The summed E-state index contributed by atoms with van der Waals surface area (Å²) in [7, 11) is 0. The molecule has 0 amide bonds. The van der Waals surface area contributed by atoms with Crippen LogP contribution in [0.3, 0.4) is 0 Å². The summed E-state index contributed by atoms with van der Waals surface area (Å²) in [5.41, 5.74) is 0.954. The largest absolute Gasteiger partial charge is 0.360 e. The van der Waals surface area contributed by atoms with Gasteiger partial charge in [0.05, 0.1) is 11.8 Å². The smallest absolute Gasteiger partial charge is 0.198 e. The molecule has 1 saturated carbocycles. The van der Waals surface area contributed by atoms with Crippen molar-refractivity contribution >= 4 is 5.78 Å². The average molecular weight is 231 g/mol. The van der Waals surface area contributed by atoms with Crippen LogP contribution in [-0.4, -0.2) is 10.9 Å². The number of hydrogen-bond donors (Lipinski definition) is 0. The number of aromatic nitrogens is 1. The van der Waals surface area contributed by atoms with Crippen LogP contribution in [0, 0.1) is 5.82 Å². The first kappa shape index (κ1) is 10.2. The van der Waals surface area contributed by atoms with E-state index in [9.17, 15) is 9.18 Å². The Morgan fingerprint density at radius 1 is 1.29 bits per heavy atom. The Morgan fingerprint density at radius 3 is 2.65 bits per heavy atom. The summed E-state index contributed by atoms with van der Waals surface area (Å²) >= 11 is 0. The summed E-state index contributed by atoms with van der Waals surface area (Å²) in [5.74, 6) is 0.485. The SMILES string of the molecule is O=C(c1ccc(F)cc1)c1cnoc1C1CC1. The Morgan fingerprint density at radius 2 is 2.00 bits per heavy atom. The Balaban J connectivity index is 1.95. The number of benzene rings is 1. The standard InChI is InChI=1S/C13H10FNO2/c14-10-5-3-8(4-6-10)12(16)11-7-15-17-13(11)9-1-2-9/h3-7,9H,1-2H2. The molecule has 2 aromatic rings. The molecule has 1 aliphatic carbocycles. The van der Waals surface area contributed by atoms with Crippen molar-refractivity contribution < 1.29 is 13.7 Å². The van der Waals surface area contributed by atoms with Gasteiger partial charge in [-0.1, -0.05) is 5.16 Å². The Kier molecular flexibility index (Phi) is 2.28. The van der Waals surface area contributed by atoms with Gasteiger partial charge in [-0.2, -0.15) is 0 Å². The molecular formula is C13H10FNO2. The third kappa shape index (κ3) is 1.86. The quantitative estimate of drug-likeness (QED) is 0.763. The van der Waals surface area contributed by atoms with Crippen LogP contribution in [0.4, 0.5) is 4.39 Å². The fourth-order valence-corrected chi connectivity index (χ4v) is 1.82. The summed E-state index contributed by atoms with van der Waals surface area (Å²) in [5, 5.41) is 3.68. The lowest BCUT2D eigenvalue weighted by Gasteiger charge is -1.99. The van der Waals surface area contributed by atoms with E-state index in [0.717, 1.165) is 12.8 Å². The van der Waals surface area contributed by atoms with Crippen LogP contribution in [0.15, 0.2) is 35.0 Å². The van der Waals surface area contributed by atoms with Crippen molar-refractivity contribution in [2.24, 2.45) is 0 Å². The van der Waals surface area contributed by atoms with Crippen LogP contribution in [0.2, 0.25) is 0 Å². The van der Waals surface area contributed by atoms with Crippen LogP contribution in [0.25, 0.3) is 0 Å². The maximum Gasteiger partial charge on any atom is 0.198 e. The van der Waals surface area contributed by atoms with E-state index >= 15 is 0 Å². The third-order valence-corrected chi connectivity index (χ3v) is 2.90. The predicted molar refractivity (Wildman–Crippen MR) is 58.3 cm³/mol. The highest BCUT2D eigenvalue weighted by atomic mass is 19.1. The lowest BCUT2D eigenvalue weighted by Crippen LogP contribution is -2.02. The summed E-state index contributed by atoms with van der Waals surface area (Å²) < 4.78 is 17.9. The molecular weight excluding hydrogens is 221 g/mol. The number of nitrogens with zero attached hydrogens (tertiary/aromatic N) is 1. The normalized spacial score (nSPS) is 14.9. The first-order chi connectivity index (χ1) is 8.25. The van der Waals surface area contributed by atoms with E-state index in [2.05, 4.69) is 5.16 Å². The second-order valence-corrected chi connectivity index (χ2v) is 4.21. The van der Waals surface area contributed by atoms with Crippen molar-refractivity contribution in [2.75, 3.05) is 0 Å². The van der Waals surface area contributed by atoms with Crippen molar-refractivity contribution in [3.05, 3.63) is 53.2 Å². The molecule has 0 aliphatic heterocycles. The van der Waals surface area contributed by atoms with Gasteiger partial charge in [0, 0.05) is 11.5 Å². The Hall–Kier alpha value is -1.97. The lowest BCUT2D eigenvalue weighted by atomic mass is 10.0. The molecule has 0 atom stereocenters. The molecule has 86 valence electrons. The molecule has 4 heteroatoms. The van der Waals surface area contributed by atoms with E-state index in [1.165, 1.54) is 30.5 Å². The molecule has 0 saturated heterocycles. The van der Waals surface area contributed by atoms with Gasteiger partial charge in [0.2, 0.25) is 0 Å². The van der Waals surface area contributed by atoms with E-state index in [0.29, 0.717) is 22.8 Å². The maximum atomic E-state index is 12.8. The van der Waals surface area contributed by atoms with Crippen molar-refractivity contribution in [2.45, 2.75) is 18.8 Å². The van der Waals surface area contributed by atoms with Crippen LogP contribution < -0.4 is 0 Å². The summed E-state index contributed by atoms with van der Waals surface area (Å²) in [4.78, 5) is 12.1. The van der Waals surface area contributed by atoms with Crippen molar-refractivity contribution in [1.29, 1.82) is 0 Å². The van der Waals surface area contributed by atoms with Gasteiger partial charge in [-0.25, -0.2) is 4.39 Å². The van der Waals surface area contributed by atoms with Crippen LogP contribution >= 0.6 is 0 Å². The number of halogens is 1. The first-order valence-electron chi connectivity index (χ1n) is 5.50. The summed E-state index contributed by atoms with van der Waals surface area (Å²) in [6.07, 6.45) is 3.52. The predicted octanol–water partition coefficient (Wildman–Crippen LogP) is 2.92. The van der Waals surface area contributed by atoms with Crippen molar-refractivity contribution in [3.8, 4) is 0 Å². The molecule has 0 N–H and O–H groups in total. The van der Waals surface area contributed by atoms with Gasteiger partial charge in [-0.05, 0) is 37.1 Å². The Bertz CT molecular complexity index is 555. The molecule has 3 nitrogen and oxygen atoms in total. The average Bonchev–Trinajstić information content (AvgIpc) is 3.07. The van der Waals surface area contributed by atoms with E-state index in [1.54, 1.807) is 0 Å². The third-order valence-electron chi connectivity index (χ3n) is 2.90. The second kappa shape index (κ2) is 3.80. The molecule has 1 fully saturated rings. The van der Waals surface area contributed by atoms with E-state index < -0.39 is 0 Å². The molecule has 0 spiro atoms. The highest BCUT2D eigenvalue weighted by molar-refractivity contribution is 6.09. The van der Waals surface area contributed by atoms with E-state index in [1.807, 2.05) is 0 Å². The van der Waals surface area contributed by atoms with Gasteiger partial charge in [0.1, 0.15) is 5.82 Å². The minimum absolute atomic E-state index is 0.159. The minimum Gasteiger partial charge on any atom is -0.360 e. The molecule has 0 bridgehead atoms. The van der Waals surface area contributed by atoms with E-state index in [-0.39, 0.29) is 11.6 Å². The topological polar surface area (TPSA) is 43.1 Å². The monoisotopic (exact) mass is 231 g/mol. The minimum atomic E-state index is -0.353. The molecule has 1 heterocycles. The number of carbonyl (C=O) groups excluding carboxylic acids is 1. The molecule has 1 aromatic carbocycles. The molecule has 3 rings (SSSR count). The molecule has 0 radical (unpaired) electrons. The number of ketones is 1. The highest BCUT2D eigenvalue weighted by Gasteiger charge is 2.32. The lowest BCUT2D eigenvalue weighted by molar-refractivity contribution is 0.103. The van der Waals surface area contributed by atoms with Crippen molar-refractivity contribution in [3.63, 3.8) is 0 Å². The van der Waals surface area contributed by atoms with Crippen LogP contribution in [0.5, 0.6) is 0 Å². The zero-order chi connectivity index (χ0) is 11.8. The van der Waals surface area contributed by atoms with Crippen LogP contribution in [-0.2, 0) is 0 Å². The van der Waals surface area contributed by atoms with Gasteiger partial charge in [-0.15, -0.1) is 0 Å². The second-order valence-electron chi connectivity index (χ2n) is 4.21. The van der Waals surface area contributed by atoms with Gasteiger partial charge in [-0.3, -0.25) is 4.79 Å².